The number of ether oxygens (including phenoxy) is 1. The Bertz CT molecular complexity index is 1240. The van der Waals surface area contributed by atoms with Crippen molar-refractivity contribution in [3.05, 3.63) is 90.0 Å². The second kappa shape index (κ2) is 8.27. The molecular weight excluding hydrogens is 411 g/mol. The Balaban J connectivity index is 1.48. The van der Waals surface area contributed by atoms with E-state index in [4.69, 9.17) is 4.74 Å². The summed E-state index contributed by atoms with van der Waals surface area (Å²) in [5.41, 5.74) is -0.304. The van der Waals surface area contributed by atoms with Crippen LogP contribution in [-0.2, 0) is 0 Å². The fraction of sp³-hybridized carbons (Fsp3) is 0.0476. The molecule has 0 fully saturated rings. The SMILES string of the molecule is Cc1nc(Oc2ccc(NC(=O)c3ccc(F)c(F)c3F)cc2)cc(-n2ccnc2)n1. The number of rotatable bonds is 5. The number of carbonyl (C=O) groups excluding carboxylic acids is 1. The topological polar surface area (TPSA) is 81.9 Å². The van der Waals surface area contributed by atoms with Crippen LogP contribution in [0.25, 0.3) is 5.82 Å². The molecule has 0 spiro atoms. The summed E-state index contributed by atoms with van der Waals surface area (Å²) >= 11 is 0. The van der Waals surface area contributed by atoms with Gasteiger partial charge >= 0.3 is 0 Å². The maximum atomic E-state index is 13.8. The fourth-order valence-electron chi connectivity index (χ4n) is 2.73. The van der Waals surface area contributed by atoms with Crippen molar-refractivity contribution in [3.8, 4) is 17.4 Å². The molecule has 0 aliphatic heterocycles. The summed E-state index contributed by atoms with van der Waals surface area (Å²) in [5.74, 6) is -3.73. The van der Waals surface area contributed by atoms with E-state index in [0.717, 1.165) is 6.07 Å². The van der Waals surface area contributed by atoms with Gasteiger partial charge in [-0.3, -0.25) is 9.36 Å². The van der Waals surface area contributed by atoms with E-state index in [9.17, 15) is 18.0 Å². The summed E-state index contributed by atoms with van der Waals surface area (Å²) in [5, 5.41) is 2.41. The largest absolute Gasteiger partial charge is 0.439 e. The van der Waals surface area contributed by atoms with Gasteiger partial charge in [0.15, 0.2) is 17.5 Å². The van der Waals surface area contributed by atoms with E-state index >= 15 is 0 Å². The van der Waals surface area contributed by atoms with E-state index in [2.05, 4.69) is 20.3 Å². The first-order valence-corrected chi connectivity index (χ1v) is 8.97. The lowest BCUT2D eigenvalue weighted by atomic mass is 10.1. The predicted molar refractivity (Wildman–Crippen MR) is 105 cm³/mol. The zero-order valence-corrected chi connectivity index (χ0v) is 16.0. The van der Waals surface area contributed by atoms with Gasteiger partial charge in [-0.15, -0.1) is 0 Å². The lowest BCUT2D eigenvalue weighted by Crippen LogP contribution is -2.15. The highest BCUT2D eigenvalue weighted by atomic mass is 19.2. The molecule has 0 radical (unpaired) electrons. The fourth-order valence-corrected chi connectivity index (χ4v) is 2.73. The molecule has 31 heavy (non-hydrogen) atoms. The van der Waals surface area contributed by atoms with Gasteiger partial charge in [-0.1, -0.05) is 0 Å². The molecule has 4 rings (SSSR count). The Hall–Kier alpha value is -4.21. The summed E-state index contributed by atoms with van der Waals surface area (Å²) in [7, 11) is 0. The molecular formula is C21H14F3N5O2. The highest BCUT2D eigenvalue weighted by molar-refractivity contribution is 6.04. The van der Waals surface area contributed by atoms with Gasteiger partial charge in [0.2, 0.25) is 5.88 Å². The number of anilines is 1. The van der Waals surface area contributed by atoms with Crippen LogP contribution in [0.5, 0.6) is 11.6 Å². The van der Waals surface area contributed by atoms with Crippen molar-refractivity contribution in [2.45, 2.75) is 6.92 Å². The average Bonchev–Trinajstić information content (AvgIpc) is 3.28. The molecule has 7 nitrogen and oxygen atoms in total. The molecule has 0 unspecified atom stereocenters. The van der Waals surface area contributed by atoms with Gasteiger partial charge in [0.05, 0.1) is 5.56 Å². The maximum absolute atomic E-state index is 13.8. The zero-order valence-electron chi connectivity index (χ0n) is 16.0. The van der Waals surface area contributed by atoms with Crippen molar-refractivity contribution in [1.29, 1.82) is 0 Å². The van der Waals surface area contributed by atoms with E-state index in [-0.39, 0.29) is 0 Å². The van der Waals surface area contributed by atoms with Gasteiger partial charge < -0.3 is 10.1 Å². The van der Waals surface area contributed by atoms with Gasteiger partial charge in [0, 0.05) is 24.1 Å². The number of carbonyl (C=O) groups is 1. The Kier molecular flexibility index (Phi) is 5.35. The van der Waals surface area contributed by atoms with Crippen molar-refractivity contribution < 1.29 is 22.7 Å². The van der Waals surface area contributed by atoms with Gasteiger partial charge in [-0.2, -0.15) is 4.98 Å². The molecule has 0 aliphatic rings. The normalized spacial score (nSPS) is 10.7. The van der Waals surface area contributed by atoms with Crippen LogP contribution >= 0.6 is 0 Å². The number of benzene rings is 2. The number of aromatic nitrogens is 4. The number of halogens is 3. The van der Waals surface area contributed by atoms with E-state index in [1.807, 2.05) is 0 Å². The van der Waals surface area contributed by atoms with Crippen molar-refractivity contribution >= 4 is 11.6 Å². The first kappa shape index (κ1) is 20.1. The Morgan fingerprint density at radius 2 is 1.81 bits per heavy atom. The predicted octanol–water partition coefficient (Wildman–Crippen LogP) is 4.43. The number of hydrogen-bond acceptors (Lipinski definition) is 5. The second-order valence-corrected chi connectivity index (χ2v) is 6.39. The quantitative estimate of drug-likeness (QED) is 0.479. The highest BCUT2D eigenvalue weighted by Crippen LogP contribution is 2.24. The molecule has 2 aromatic carbocycles. The monoisotopic (exact) mass is 425 g/mol. The molecule has 0 saturated carbocycles. The summed E-state index contributed by atoms with van der Waals surface area (Å²) in [6, 6.07) is 9.33. The van der Waals surface area contributed by atoms with Gasteiger partial charge in [0.1, 0.15) is 23.7 Å². The third-order valence-electron chi connectivity index (χ3n) is 4.18. The van der Waals surface area contributed by atoms with Crippen LogP contribution in [0.3, 0.4) is 0 Å². The van der Waals surface area contributed by atoms with Crippen molar-refractivity contribution in [3.63, 3.8) is 0 Å². The lowest BCUT2D eigenvalue weighted by Gasteiger charge is -2.10. The molecule has 10 heteroatoms. The summed E-state index contributed by atoms with van der Waals surface area (Å²) in [6.07, 6.45) is 4.95. The Morgan fingerprint density at radius 3 is 2.52 bits per heavy atom. The minimum atomic E-state index is -1.70. The van der Waals surface area contributed by atoms with Crippen LogP contribution in [-0.4, -0.2) is 25.4 Å². The highest BCUT2D eigenvalue weighted by Gasteiger charge is 2.19. The van der Waals surface area contributed by atoms with Crippen LogP contribution < -0.4 is 10.1 Å². The van der Waals surface area contributed by atoms with E-state index in [1.54, 1.807) is 48.4 Å². The van der Waals surface area contributed by atoms with E-state index in [1.165, 1.54) is 12.1 Å². The van der Waals surface area contributed by atoms with E-state index in [0.29, 0.717) is 35.0 Å². The van der Waals surface area contributed by atoms with Crippen molar-refractivity contribution in [2.75, 3.05) is 5.32 Å². The molecule has 0 aliphatic carbocycles. The number of hydrogen-bond donors (Lipinski definition) is 1. The van der Waals surface area contributed by atoms with Gasteiger partial charge in [-0.25, -0.2) is 23.1 Å². The van der Waals surface area contributed by atoms with Gasteiger partial charge in [0.25, 0.3) is 5.91 Å². The third kappa shape index (κ3) is 4.37. The second-order valence-electron chi connectivity index (χ2n) is 6.39. The minimum Gasteiger partial charge on any atom is -0.439 e. The van der Waals surface area contributed by atoms with Crippen LogP contribution in [0, 0.1) is 24.4 Å². The molecule has 0 atom stereocenters. The first-order valence-electron chi connectivity index (χ1n) is 8.97. The molecule has 156 valence electrons. The molecule has 1 N–H and O–H groups in total. The molecule has 4 aromatic rings. The molecule has 0 bridgehead atoms. The van der Waals surface area contributed by atoms with E-state index < -0.39 is 28.9 Å². The summed E-state index contributed by atoms with van der Waals surface area (Å²) in [6.45, 7) is 1.73. The van der Waals surface area contributed by atoms with Crippen molar-refractivity contribution in [2.24, 2.45) is 0 Å². The minimum absolute atomic E-state index is 0.303. The molecule has 0 saturated heterocycles. The summed E-state index contributed by atoms with van der Waals surface area (Å²) < 4.78 is 47.6. The number of nitrogens with one attached hydrogen (secondary N) is 1. The lowest BCUT2D eigenvalue weighted by molar-refractivity contribution is 0.102. The van der Waals surface area contributed by atoms with Crippen LogP contribution in [0.2, 0.25) is 0 Å². The van der Waals surface area contributed by atoms with Gasteiger partial charge in [-0.05, 0) is 43.3 Å². The number of imidazole rings is 1. The first-order chi connectivity index (χ1) is 14.9. The van der Waals surface area contributed by atoms with Crippen molar-refractivity contribution in [1.82, 2.24) is 19.5 Å². The average molecular weight is 425 g/mol. The molecule has 2 heterocycles. The number of aryl methyl sites for hydroxylation is 1. The Labute approximate surface area is 174 Å². The third-order valence-corrected chi connectivity index (χ3v) is 4.18. The number of amides is 1. The molecule has 2 aromatic heterocycles. The van der Waals surface area contributed by atoms with Crippen LogP contribution in [0.1, 0.15) is 16.2 Å². The smallest absolute Gasteiger partial charge is 0.258 e. The maximum Gasteiger partial charge on any atom is 0.258 e. The summed E-state index contributed by atoms with van der Waals surface area (Å²) in [4.78, 5) is 24.7. The van der Waals surface area contributed by atoms with Crippen LogP contribution in [0.15, 0.2) is 61.2 Å². The Morgan fingerprint density at radius 1 is 1.03 bits per heavy atom. The standard InChI is InChI=1S/C21H14F3N5O2/c1-12-26-17(29-9-8-25-11-29)10-18(27-12)31-14-4-2-13(3-5-14)28-21(30)15-6-7-16(22)20(24)19(15)23/h2-11H,1H3,(H,28,30). The number of nitrogens with zero attached hydrogens (tertiary/aromatic N) is 4. The van der Waals surface area contributed by atoms with Crippen LogP contribution in [0.4, 0.5) is 18.9 Å². The zero-order chi connectivity index (χ0) is 22.0. The molecule has 1 amide bonds.